The second kappa shape index (κ2) is 10.1. The van der Waals surface area contributed by atoms with Gasteiger partial charge in [-0.25, -0.2) is 9.59 Å². The highest BCUT2D eigenvalue weighted by Crippen LogP contribution is 2.19. The first-order valence-corrected chi connectivity index (χ1v) is 8.87. The SMILES string of the molecule is CC(C)(C)OC(=O)N[C@@H](CCCCNC(=O)C(F)(F)F)C(=O)On1c(O)ccc1O. The van der Waals surface area contributed by atoms with Crippen molar-refractivity contribution in [1.29, 1.82) is 0 Å². The van der Waals surface area contributed by atoms with Crippen molar-refractivity contribution < 1.29 is 47.3 Å². The molecule has 0 spiro atoms. The van der Waals surface area contributed by atoms with E-state index in [9.17, 15) is 37.8 Å². The van der Waals surface area contributed by atoms with Crippen LogP contribution in [0, 0.1) is 0 Å². The number of nitrogens with zero attached hydrogens (tertiary/aromatic N) is 1. The summed E-state index contributed by atoms with van der Waals surface area (Å²) in [5, 5.41) is 23.0. The number of halogens is 3. The molecular weight excluding hydrogens is 415 g/mol. The molecule has 1 heterocycles. The summed E-state index contributed by atoms with van der Waals surface area (Å²) in [7, 11) is 0. The second-order valence-corrected chi connectivity index (χ2v) is 7.20. The number of hydrogen-bond acceptors (Lipinski definition) is 7. The Kier molecular flexibility index (Phi) is 8.37. The van der Waals surface area contributed by atoms with E-state index in [1.54, 1.807) is 26.1 Å². The number of rotatable bonds is 8. The van der Waals surface area contributed by atoms with E-state index in [4.69, 9.17) is 9.57 Å². The summed E-state index contributed by atoms with van der Waals surface area (Å²) in [6.07, 6.45) is -5.83. The van der Waals surface area contributed by atoms with Crippen LogP contribution in [0.3, 0.4) is 0 Å². The highest BCUT2D eigenvalue weighted by Gasteiger charge is 2.38. The van der Waals surface area contributed by atoms with Crippen molar-refractivity contribution in [3.63, 3.8) is 0 Å². The van der Waals surface area contributed by atoms with Gasteiger partial charge in [-0.2, -0.15) is 13.2 Å². The van der Waals surface area contributed by atoms with E-state index in [2.05, 4.69) is 5.32 Å². The predicted octanol–water partition coefficient (Wildman–Crippen LogP) is 1.60. The number of aromatic hydroxyl groups is 2. The van der Waals surface area contributed by atoms with Gasteiger partial charge in [-0.1, -0.05) is 0 Å². The molecule has 0 radical (unpaired) electrons. The van der Waals surface area contributed by atoms with Gasteiger partial charge in [0, 0.05) is 18.7 Å². The Morgan fingerprint density at radius 3 is 2.17 bits per heavy atom. The molecule has 1 rings (SSSR count). The maximum atomic E-state index is 12.4. The minimum atomic E-state index is -4.99. The lowest BCUT2D eigenvalue weighted by Crippen LogP contribution is -2.46. The molecule has 4 N–H and O–H groups in total. The van der Waals surface area contributed by atoms with Crippen molar-refractivity contribution in [2.75, 3.05) is 6.54 Å². The van der Waals surface area contributed by atoms with Crippen LogP contribution in [0.4, 0.5) is 18.0 Å². The van der Waals surface area contributed by atoms with Gasteiger partial charge in [0.2, 0.25) is 11.8 Å². The zero-order valence-corrected chi connectivity index (χ0v) is 16.6. The molecule has 0 bridgehead atoms. The zero-order chi connectivity index (χ0) is 23.1. The van der Waals surface area contributed by atoms with E-state index in [-0.39, 0.29) is 25.8 Å². The minimum absolute atomic E-state index is 0.0710. The Hall–Kier alpha value is -3.12. The number of carbonyl (C=O) groups excluding carboxylic acids is 3. The number of nitrogens with one attached hydrogen (secondary N) is 2. The van der Waals surface area contributed by atoms with Crippen LogP contribution < -0.4 is 15.5 Å². The maximum Gasteiger partial charge on any atom is 0.471 e. The smallest absolute Gasteiger partial charge is 0.471 e. The average molecular weight is 439 g/mol. The molecule has 30 heavy (non-hydrogen) atoms. The van der Waals surface area contributed by atoms with Crippen molar-refractivity contribution in [2.24, 2.45) is 0 Å². The average Bonchev–Trinajstić information content (AvgIpc) is 2.89. The van der Waals surface area contributed by atoms with E-state index in [1.807, 2.05) is 0 Å². The van der Waals surface area contributed by atoms with Gasteiger partial charge in [-0.3, -0.25) is 4.79 Å². The van der Waals surface area contributed by atoms with Crippen molar-refractivity contribution in [1.82, 2.24) is 15.4 Å². The summed E-state index contributed by atoms with van der Waals surface area (Å²) in [4.78, 5) is 39.9. The quantitative estimate of drug-likeness (QED) is 0.451. The third-order valence-corrected chi connectivity index (χ3v) is 3.42. The molecule has 0 unspecified atom stereocenters. The van der Waals surface area contributed by atoms with Gasteiger partial charge >= 0.3 is 24.1 Å². The molecule has 13 heteroatoms. The molecule has 0 saturated carbocycles. The molecule has 2 amide bonds. The van der Waals surface area contributed by atoms with E-state index < -0.39 is 47.5 Å². The summed E-state index contributed by atoms with van der Waals surface area (Å²) >= 11 is 0. The summed E-state index contributed by atoms with van der Waals surface area (Å²) < 4.78 is 41.9. The number of amides is 2. The summed E-state index contributed by atoms with van der Waals surface area (Å²) in [6.45, 7) is 4.49. The third kappa shape index (κ3) is 8.49. The number of alkyl halides is 3. The van der Waals surface area contributed by atoms with E-state index >= 15 is 0 Å². The topological polar surface area (TPSA) is 139 Å². The molecule has 10 nitrogen and oxygen atoms in total. The number of carbonyl (C=O) groups is 3. The van der Waals surface area contributed by atoms with Crippen LogP contribution in [0.1, 0.15) is 40.0 Å². The molecular formula is C17H24F3N3O7. The fourth-order valence-corrected chi connectivity index (χ4v) is 2.12. The van der Waals surface area contributed by atoms with Crippen LogP contribution in [-0.4, -0.2) is 57.3 Å². The Balaban J connectivity index is 2.69. The Labute approximate surface area is 169 Å². The summed E-state index contributed by atoms with van der Waals surface area (Å²) in [5.74, 6) is -4.30. The Bertz CT molecular complexity index is 737. The van der Waals surface area contributed by atoms with Crippen molar-refractivity contribution >= 4 is 18.0 Å². The van der Waals surface area contributed by atoms with Gasteiger partial charge in [0.05, 0.1) is 0 Å². The van der Waals surface area contributed by atoms with Crippen molar-refractivity contribution in [2.45, 2.75) is 57.9 Å². The summed E-state index contributed by atoms with van der Waals surface area (Å²) in [6, 6.07) is 0.809. The lowest BCUT2D eigenvalue weighted by Gasteiger charge is -2.23. The number of alkyl carbamates (subject to hydrolysis) is 1. The fraction of sp³-hybridized carbons (Fsp3) is 0.588. The van der Waals surface area contributed by atoms with Gasteiger partial charge in [0.1, 0.15) is 11.6 Å². The molecule has 1 aromatic heterocycles. The lowest BCUT2D eigenvalue weighted by atomic mass is 10.1. The van der Waals surface area contributed by atoms with Gasteiger partial charge < -0.3 is 30.4 Å². The van der Waals surface area contributed by atoms with E-state index in [1.165, 1.54) is 0 Å². The molecule has 0 fully saturated rings. The molecule has 0 aliphatic rings. The second-order valence-electron chi connectivity index (χ2n) is 7.20. The van der Waals surface area contributed by atoms with E-state index in [0.29, 0.717) is 4.73 Å². The first kappa shape index (κ1) is 24.9. The minimum Gasteiger partial charge on any atom is -0.492 e. The van der Waals surface area contributed by atoms with Gasteiger partial charge in [-0.05, 0) is 40.0 Å². The maximum absolute atomic E-state index is 12.4. The van der Waals surface area contributed by atoms with Gasteiger partial charge in [0.25, 0.3) is 0 Å². The van der Waals surface area contributed by atoms with E-state index in [0.717, 1.165) is 12.1 Å². The van der Waals surface area contributed by atoms with Crippen LogP contribution in [0.5, 0.6) is 11.8 Å². The van der Waals surface area contributed by atoms with Crippen molar-refractivity contribution in [3.05, 3.63) is 12.1 Å². The number of ether oxygens (including phenoxy) is 1. The molecule has 0 aromatic carbocycles. The molecule has 1 aromatic rings. The standard InChI is InChI=1S/C17H24F3N3O7/c1-16(2,3)29-15(28)22-10(6-4-5-9-21-14(27)17(18,19)20)13(26)30-23-11(24)7-8-12(23)25/h7-8,10,24-25H,4-6,9H2,1-3H3,(H,21,27)(H,22,28)/t10-/m0/s1. The molecule has 0 aliphatic carbocycles. The molecule has 0 saturated heterocycles. The Morgan fingerprint density at radius 1 is 1.10 bits per heavy atom. The van der Waals surface area contributed by atoms with Crippen molar-refractivity contribution in [3.8, 4) is 11.8 Å². The number of aromatic nitrogens is 1. The zero-order valence-electron chi connectivity index (χ0n) is 16.6. The van der Waals surface area contributed by atoms with Crippen LogP contribution in [0.15, 0.2) is 12.1 Å². The fourth-order valence-electron chi connectivity index (χ4n) is 2.12. The number of hydrogen-bond donors (Lipinski definition) is 4. The third-order valence-electron chi connectivity index (χ3n) is 3.42. The number of unbranched alkanes of at least 4 members (excludes halogenated alkanes) is 1. The van der Waals surface area contributed by atoms with Crippen LogP contribution in [0.2, 0.25) is 0 Å². The largest absolute Gasteiger partial charge is 0.492 e. The molecule has 0 aliphatic heterocycles. The van der Waals surface area contributed by atoms with Gasteiger partial charge in [-0.15, -0.1) is 4.73 Å². The van der Waals surface area contributed by atoms with Crippen LogP contribution in [0.25, 0.3) is 0 Å². The van der Waals surface area contributed by atoms with Crippen LogP contribution in [-0.2, 0) is 14.3 Å². The lowest BCUT2D eigenvalue weighted by molar-refractivity contribution is -0.173. The molecule has 170 valence electrons. The monoisotopic (exact) mass is 439 g/mol. The highest BCUT2D eigenvalue weighted by atomic mass is 19.4. The van der Waals surface area contributed by atoms with Crippen LogP contribution >= 0.6 is 0 Å². The molecule has 1 atom stereocenters. The normalized spacial score (nSPS) is 12.7. The predicted molar refractivity (Wildman–Crippen MR) is 95.4 cm³/mol. The summed E-state index contributed by atoms with van der Waals surface area (Å²) in [5.41, 5.74) is -0.864. The highest BCUT2D eigenvalue weighted by molar-refractivity contribution is 5.82. The first-order chi connectivity index (χ1) is 13.7. The first-order valence-electron chi connectivity index (χ1n) is 8.87. The Morgan fingerprint density at radius 2 is 1.67 bits per heavy atom. The van der Waals surface area contributed by atoms with Gasteiger partial charge in [0.15, 0.2) is 0 Å².